The number of nitrogens with zero attached hydrogens (tertiary/aromatic N) is 3. The Kier molecular flexibility index (Phi) is 2.82. The van der Waals surface area contributed by atoms with Gasteiger partial charge in [0.1, 0.15) is 0 Å². The Labute approximate surface area is 79.9 Å². The maximum absolute atomic E-state index is 8.53. The minimum Gasteiger partial charge on any atom is -0.301 e. The van der Waals surface area contributed by atoms with Crippen LogP contribution in [-0.2, 0) is 0 Å². The Morgan fingerprint density at radius 1 is 1.08 bits per heavy atom. The summed E-state index contributed by atoms with van der Waals surface area (Å²) in [6.45, 7) is 6.41. The lowest BCUT2D eigenvalue weighted by atomic mass is 10.3. The van der Waals surface area contributed by atoms with E-state index in [1.165, 1.54) is 19.4 Å². The van der Waals surface area contributed by atoms with E-state index in [-0.39, 0.29) is 0 Å². The average molecular weight is 179 g/mol. The van der Waals surface area contributed by atoms with E-state index in [1.54, 1.807) is 0 Å². The predicted octanol–water partition coefficient (Wildman–Crippen LogP) is 0.538. The molecule has 0 amide bonds. The van der Waals surface area contributed by atoms with E-state index in [1.807, 2.05) is 0 Å². The molecule has 13 heavy (non-hydrogen) atoms. The molecule has 1 saturated heterocycles. The number of hydrogen-bond acceptors (Lipinski definition) is 3. The third kappa shape index (κ3) is 2.68. The molecule has 0 unspecified atom stereocenters. The van der Waals surface area contributed by atoms with Crippen molar-refractivity contribution in [3.63, 3.8) is 0 Å². The highest BCUT2D eigenvalue weighted by atomic mass is 15.3. The van der Waals surface area contributed by atoms with Gasteiger partial charge in [-0.25, -0.2) is 0 Å². The van der Waals surface area contributed by atoms with Crippen LogP contribution in [0.1, 0.15) is 12.8 Å². The Morgan fingerprint density at radius 3 is 2.23 bits per heavy atom. The van der Waals surface area contributed by atoms with Gasteiger partial charge in [-0.3, -0.25) is 4.90 Å². The first kappa shape index (κ1) is 8.98. The zero-order chi connectivity index (χ0) is 9.10. The largest absolute Gasteiger partial charge is 0.301 e. The van der Waals surface area contributed by atoms with Crippen LogP contribution < -0.4 is 0 Å². The molecule has 0 spiro atoms. The quantitative estimate of drug-likeness (QED) is 0.592. The van der Waals surface area contributed by atoms with E-state index in [0.29, 0.717) is 6.54 Å². The first-order valence-electron chi connectivity index (χ1n) is 5.20. The van der Waals surface area contributed by atoms with Crippen LogP contribution in [0.25, 0.3) is 0 Å². The molecule has 0 aromatic rings. The second-order valence-electron chi connectivity index (χ2n) is 4.18. The highest BCUT2D eigenvalue weighted by Gasteiger charge is 2.26. The van der Waals surface area contributed by atoms with Gasteiger partial charge in [0.2, 0.25) is 0 Å². The molecule has 3 nitrogen and oxygen atoms in total. The molecule has 2 aliphatic rings. The summed E-state index contributed by atoms with van der Waals surface area (Å²) in [4.78, 5) is 4.79. The Balaban J connectivity index is 1.66. The maximum Gasteiger partial charge on any atom is 0.0866 e. The summed E-state index contributed by atoms with van der Waals surface area (Å²) >= 11 is 0. The zero-order valence-electron chi connectivity index (χ0n) is 8.08. The molecule has 0 N–H and O–H groups in total. The van der Waals surface area contributed by atoms with Crippen LogP contribution in [0.4, 0.5) is 0 Å². The summed E-state index contributed by atoms with van der Waals surface area (Å²) in [7, 11) is 0. The van der Waals surface area contributed by atoms with Crippen molar-refractivity contribution in [3.8, 4) is 6.07 Å². The molecule has 72 valence electrons. The second-order valence-corrected chi connectivity index (χ2v) is 4.18. The van der Waals surface area contributed by atoms with Crippen LogP contribution in [0.5, 0.6) is 0 Å². The maximum atomic E-state index is 8.53. The second kappa shape index (κ2) is 4.08. The molecule has 3 heteroatoms. The lowest BCUT2D eigenvalue weighted by Gasteiger charge is -2.33. The molecule has 0 radical (unpaired) electrons. The number of piperazine rings is 1. The zero-order valence-corrected chi connectivity index (χ0v) is 8.08. The van der Waals surface area contributed by atoms with Crippen LogP contribution in [0.2, 0.25) is 0 Å². The minimum atomic E-state index is 0.608. The van der Waals surface area contributed by atoms with Crippen molar-refractivity contribution >= 4 is 0 Å². The highest BCUT2D eigenvalue weighted by Crippen LogP contribution is 2.29. The summed E-state index contributed by atoms with van der Waals surface area (Å²) in [5.74, 6) is 1.00. The summed E-state index contributed by atoms with van der Waals surface area (Å²) in [6.07, 6.45) is 2.89. The van der Waals surface area contributed by atoms with Gasteiger partial charge >= 0.3 is 0 Å². The number of hydrogen-bond donors (Lipinski definition) is 0. The van der Waals surface area contributed by atoms with E-state index < -0.39 is 0 Å². The first-order valence-corrected chi connectivity index (χ1v) is 5.20. The molecule has 1 saturated carbocycles. The van der Waals surface area contributed by atoms with Gasteiger partial charge in [0.05, 0.1) is 12.6 Å². The Morgan fingerprint density at radius 2 is 1.69 bits per heavy atom. The van der Waals surface area contributed by atoms with Crippen molar-refractivity contribution in [2.75, 3.05) is 39.3 Å². The monoisotopic (exact) mass is 179 g/mol. The number of nitriles is 1. The smallest absolute Gasteiger partial charge is 0.0866 e. The summed E-state index contributed by atoms with van der Waals surface area (Å²) in [6, 6.07) is 2.21. The molecule has 1 aliphatic heterocycles. The van der Waals surface area contributed by atoms with Crippen LogP contribution in [0, 0.1) is 17.2 Å². The van der Waals surface area contributed by atoms with Gasteiger partial charge < -0.3 is 4.90 Å². The summed E-state index contributed by atoms with van der Waals surface area (Å²) < 4.78 is 0. The predicted molar refractivity (Wildman–Crippen MR) is 51.2 cm³/mol. The van der Waals surface area contributed by atoms with E-state index in [9.17, 15) is 0 Å². The van der Waals surface area contributed by atoms with Gasteiger partial charge in [-0.1, -0.05) is 0 Å². The molecule has 1 aliphatic carbocycles. The third-order valence-corrected chi connectivity index (χ3v) is 2.97. The van der Waals surface area contributed by atoms with Gasteiger partial charge in [0.15, 0.2) is 0 Å². The molecule has 1 heterocycles. The fourth-order valence-electron chi connectivity index (χ4n) is 1.90. The molecule has 0 aromatic carbocycles. The first-order chi connectivity index (χ1) is 6.38. The van der Waals surface area contributed by atoms with Crippen LogP contribution in [-0.4, -0.2) is 49.1 Å². The summed E-state index contributed by atoms with van der Waals surface area (Å²) in [5, 5.41) is 8.53. The normalized spacial score (nSPS) is 25.8. The standard InChI is InChI=1S/C10H17N3/c11-3-4-12-5-7-13(8-6-12)9-10-1-2-10/h10H,1-2,4-9H2. The van der Waals surface area contributed by atoms with Gasteiger partial charge in [-0.05, 0) is 18.8 Å². The van der Waals surface area contributed by atoms with Crippen molar-refractivity contribution in [2.45, 2.75) is 12.8 Å². The van der Waals surface area contributed by atoms with Gasteiger partial charge in [-0.2, -0.15) is 5.26 Å². The van der Waals surface area contributed by atoms with Gasteiger partial charge in [0.25, 0.3) is 0 Å². The minimum absolute atomic E-state index is 0.608. The Hall–Kier alpha value is -0.590. The topological polar surface area (TPSA) is 30.3 Å². The van der Waals surface area contributed by atoms with Crippen LogP contribution in [0.15, 0.2) is 0 Å². The lowest BCUT2D eigenvalue weighted by Crippen LogP contribution is -2.46. The average Bonchev–Trinajstić information content (AvgIpc) is 2.93. The van der Waals surface area contributed by atoms with Crippen LogP contribution >= 0.6 is 0 Å². The van der Waals surface area contributed by atoms with E-state index in [0.717, 1.165) is 32.1 Å². The number of rotatable bonds is 3. The SMILES string of the molecule is N#CCN1CCN(CC2CC2)CC1. The van der Waals surface area contributed by atoms with Crippen molar-refractivity contribution in [2.24, 2.45) is 5.92 Å². The molecular formula is C10H17N3. The van der Waals surface area contributed by atoms with Crippen LogP contribution in [0.3, 0.4) is 0 Å². The van der Waals surface area contributed by atoms with E-state index >= 15 is 0 Å². The molecule has 2 fully saturated rings. The third-order valence-electron chi connectivity index (χ3n) is 2.97. The van der Waals surface area contributed by atoms with Gasteiger partial charge in [0, 0.05) is 32.7 Å². The van der Waals surface area contributed by atoms with E-state index in [4.69, 9.17) is 5.26 Å². The lowest BCUT2D eigenvalue weighted by molar-refractivity contribution is 0.139. The molecular weight excluding hydrogens is 162 g/mol. The molecule has 0 atom stereocenters. The molecule has 0 bridgehead atoms. The van der Waals surface area contributed by atoms with E-state index in [2.05, 4.69) is 15.9 Å². The van der Waals surface area contributed by atoms with Gasteiger partial charge in [-0.15, -0.1) is 0 Å². The molecule has 2 rings (SSSR count). The fraction of sp³-hybridized carbons (Fsp3) is 0.900. The molecule has 0 aromatic heterocycles. The van der Waals surface area contributed by atoms with Crippen molar-refractivity contribution in [1.82, 2.24) is 9.80 Å². The summed E-state index contributed by atoms with van der Waals surface area (Å²) in [5.41, 5.74) is 0. The van der Waals surface area contributed by atoms with Crippen molar-refractivity contribution < 1.29 is 0 Å². The fourth-order valence-corrected chi connectivity index (χ4v) is 1.90. The Bertz CT molecular complexity index is 197. The van der Waals surface area contributed by atoms with Crippen molar-refractivity contribution in [3.05, 3.63) is 0 Å². The van der Waals surface area contributed by atoms with Crippen molar-refractivity contribution in [1.29, 1.82) is 5.26 Å². The highest BCUT2D eigenvalue weighted by molar-refractivity contribution is 4.83.